The minimum absolute atomic E-state index is 0.590. The Hall–Kier alpha value is -0.160. The van der Waals surface area contributed by atoms with E-state index in [9.17, 15) is 0 Å². The van der Waals surface area contributed by atoms with Crippen LogP contribution in [0, 0.1) is 0 Å². The van der Waals surface area contributed by atoms with E-state index < -0.39 is 0 Å². The minimum atomic E-state index is 0.590. The molecule has 0 fully saturated rings. The fourth-order valence-corrected chi connectivity index (χ4v) is 2.32. The van der Waals surface area contributed by atoms with E-state index in [-0.39, 0.29) is 0 Å². The third kappa shape index (κ3) is 10.6. The highest BCUT2D eigenvalue weighted by Gasteiger charge is 2.17. The molecule has 0 saturated carbocycles. The van der Waals surface area contributed by atoms with Gasteiger partial charge in [0.2, 0.25) is 0 Å². The summed E-state index contributed by atoms with van der Waals surface area (Å²) in [5, 5.41) is 3.56. The smallest absolute Gasteiger partial charge is 0.0593 e. The molecular weight excluding hydrogens is 252 g/mol. The quantitative estimate of drug-likeness (QED) is 0.470. The van der Waals surface area contributed by atoms with Gasteiger partial charge < -0.3 is 14.8 Å². The van der Waals surface area contributed by atoms with E-state index in [4.69, 9.17) is 9.47 Å². The van der Waals surface area contributed by atoms with Crippen molar-refractivity contribution in [3.8, 4) is 0 Å². The molecule has 1 unspecified atom stereocenters. The van der Waals surface area contributed by atoms with Crippen LogP contribution in [0.1, 0.15) is 47.0 Å². The lowest BCUT2D eigenvalue weighted by Gasteiger charge is -2.32. The first-order valence-electron chi connectivity index (χ1n) is 8.40. The van der Waals surface area contributed by atoms with Crippen LogP contribution in [0.4, 0.5) is 0 Å². The summed E-state index contributed by atoms with van der Waals surface area (Å²) in [6.07, 6.45) is 3.64. The monoisotopic (exact) mass is 288 g/mol. The number of nitrogens with zero attached hydrogens (tertiary/aromatic N) is 1. The molecule has 0 heterocycles. The van der Waals surface area contributed by atoms with Gasteiger partial charge in [-0.25, -0.2) is 0 Å². The summed E-state index contributed by atoms with van der Waals surface area (Å²) in [4.78, 5) is 2.53. The van der Waals surface area contributed by atoms with E-state index in [1.807, 2.05) is 0 Å². The maximum Gasteiger partial charge on any atom is 0.0593 e. The molecule has 4 heteroatoms. The molecule has 0 aromatic rings. The molecule has 0 amide bonds. The van der Waals surface area contributed by atoms with Gasteiger partial charge in [0.1, 0.15) is 0 Å². The Balaban J connectivity index is 4.27. The number of ether oxygens (including phenoxy) is 2. The highest BCUT2D eigenvalue weighted by atomic mass is 16.5. The summed E-state index contributed by atoms with van der Waals surface area (Å²) in [6.45, 7) is 16.0. The summed E-state index contributed by atoms with van der Waals surface area (Å²) in [7, 11) is 0. The Morgan fingerprint density at radius 1 is 0.900 bits per heavy atom. The van der Waals surface area contributed by atoms with Crippen molar-refractivity contribution >= 4 is 0 Å². The van der Waals surface area contributed by atoms with Gasteiger partial charge in [-0.1, -0.05) is 20.3 Å². The highest BCUT2D eigenvalue weighted by Crippen LogP contribution is 2.07. The highest BCUT2D eigenvalue weighted by molar-refractivity contribution is 4.74. The van der Waals surface area contributed by atoms with Crippen LogP contribution in [-0.4, -0.2) is 63.5 Å². The zero-order valence-electron chi connectivity index (χ0n) is 14.1. The van der Waals surface area contributed by atoms with Crippen molar-refractivity contribution in [1.82, 2.24) is 10.2 Å². The number of rotatable bonds is 15. The molecule has 0 aliphatic carbocycles. The molecule has 4 nitrogen and oxygen atoms in total. The fraction of sp³-hybridized carbons (Fsp3) is 1.00. The molecule has 0 saturated heterocycles. The maximum atomic E-state index is 5.52. The topological polar surface area (TPSA) is 33.7 Å². The molecule has 0 rings (SSSR count). The van der Waals surface area contributed by atoms with Crippen molar-refractivity contribution in [3.63, 3.8) is 0 Å². The number of hydrogen-bond acceptors (Lipinski definition) is 4. The van der Waals surface area contributed by atoms with E-state index in [0.29, 0.717) is 6.04 Å². The summed E-state index contributed by atoms with van der Waals surface area (Å²) in [5.74, 6) is 0. The lowest BCUT2D eigenvalue weighted by atomic mass is 10.1. The lowest BCUT2D eigenvalue weighted by Crippen LogP contribution is -2.45. The molecule has 0 aromatic carbocycles. The second-order valence-corrected chi connectivity index (χ2v) is 5.08. The Morgan fingerprint density at radius 3 is 1.95 bits per heavy atom. The van der Waals surface area contributed by atoms with Gasteiger partial charge in [-0.3, -0.25) is 4.90 Å². The largest absolute Gasteiger partial charge is 0.380 e. The van der Waals surface area contributed by atoms with Gasteiger partial charge in [0, 0.05) is 38.9 Å². The van der Waals surface area contributed by atoms with E-state index in [0.717, 1.165) is 52.6 Å². The first-order valence-corrected chi connectivity index (χ1v) is 8.40. The average molecular weight is 288 g/mol. The van der Waals surface area contributed by atoms with Crippen LogP contribution in [0.3, 0.4) is 0 Å². The standard InChI is InChI=1S/C16H36N2O2/c1-5-9-16(15-17-10-6-2)18(11-13-19-7-3)12-14-20-8-4/h16-17H,5-15H2,1-4H3. The van der Waals surface area contributed by atoms with Crippen molar-refractivity contribution < 1.29 is 9.47 Å². The second kappa shape index (κ2) is 15.2. The number of hydrogen-bond donors (Lipinski definition) is 1. The first kappa shape index (κ1) is 19.8. The normalized spacial score (nSPS) is 13.1. The Morgan fingerprint density at radius 2 is 1.50 bits per heavy atom. The molecule has 1 atom stereocenters. The van der Waals surface area contributed by atoms with Crippen molar-refractivity contribution in [2.45, 2.75) is 53.0 Å². The lowest BCUT2D eigenvalue weighted by molar-refractivity contribution is 0.0601. The van der Waals surface area contributed by atoms with Crippen LogP contribution < -0.4 is 5.32 Å². The van der Waals surface area contributed by atoms with Gasteiger partial charge >= 0.3 is 0 Å². The number of nitrogens with one attached hydrogen (secondary N) is 1. The van der Waals surface area contributed by atoms with Gasteiger partial charge in [-0.2, -0.15) is 0 Å². The van der Waals surface area contributed by atoms with Gasteiger partial charge in [-0.15, -0.1) is 0 Å². The molecule has 0 aliphatic heterocycles. The average Bonchev–Trinajstić information content (AvgIpc) is 2.45. The zero-order chi connectivity index (χ0) is 15.1. The zero-order valence-corrected chi connectivity index (χ0v) is 14.1. The molecule has 122 valence electrons. The molecule has 20 heavy (non-hydrogen) atoms. The van der Waals surface area contributed by atoms with Crippen molar-refractivity contribution in [1.29, 1.82) is 0 Å². The molecule has 0 bridgehead atoms. The van der Waals surface area contributed by atoms with Gasteiger partial charge in [-0.05, 0) is 33.2 Å². The van der Waals surface area contributed by atoms with E-state index in [1.54, 1.807) is 0 Å². The van der Waals surface area contributed by atoms with Crippen molar-refractivity contribution in [2.75, 3.05) is 52.6 Å². The Kier molecular flexibility index (Phi) is 15.1. The van der Waals surface area contributed by atoms with Gasteiger partial charge in [0.15, 0.2) is 0 Å². The first-order chi connectivity index (χ1) is 9.79. The molecular formula is C16H36N2O2. The Labute approximate surface area is 126 Å². The molecule has 1 N–H and O–H groups in total. The van der Waals surface area contributed by atoms with E-state index in [1.165, 1.54) is 19.3 Å². The van der Waals surface area contributed by atoms with E-state index in [2.05, 4.69) is 37.9 Å². The second-order valence-electron chi connectivity index (χ2n) is 5.08. The Bertz CT molecular complexity index is 181. The minimum Gasteiger partial charge on any atom is -0.380 e. The molecule has 0 aromatic heterocycles. The third-order valence-electron chi connectivity index (χ3n) is 3.40. The molecule has 0 aliphatic rings. The molecule has 0 radical (unpaired) electrons. The van der Waals surface area contributed by atoms with Crippen molar-refractivity contribution in [3.05, 3.63) is 0 Å². The summed E-state index contributed by atoms with van der Waals surface area (Å²) in [6, 6.07) is 0.590. The SMILES string of the molecule is CCCNCC(CCC)N(CCOCC)CCOCC. The third-order valence-corrected chi connectivity index (χ3v) is 3.40. The van der Waals surface area contributed by atoms with Crippen LogP contribution in [0.2, 0.25) is 0 Å². The van der Waals surface area contributed by atoms with Gasteiger partial charge in [0.05, 0.1) is 13.2 Å². The van der Waals surface area contributed by atoms with Crippen LogP contribution >= 0.6 is 0 Å². The molecule has 0 spiro atoms. The van der Waals surface area contributed by atoms with Crippen molar-refractivity contribution in [2.24, 2.45) is 0 Å². The predicted molar refractivity (Wildman–Crippen MR) is 86.4 cm³/mol. The summed E-state index contributed by atoms with van der Waals surface area (Å²) in [5.41, 5.74) is 0. The van der Waals surface area contributed by atoms with Crippen LogP contribution in [-0.2, 0) is 9.47 Å². The maximum absolute atomic E-state index is 5.52. The summed E-state index contributed by atoms with van der Waals surface area (Å²) >= 11 is 0. The fourth-order valence-electron chi connectivity index (χ4n) is 2.32. The van der Waals surface area contributed by atoms with Crippen LogP contribution in [0.25, 0.3) is 0 Å². The van der Waals surface area contributed by atoms with Crippen LogP contribution in [0.15, 0.2) is 0 Å². The summed E-state index contributed by atoms with van der Waals surface area (Å²) < 4.78 is 11.0. The van der Waals surface area contributed by atoms with Gasteiger partial charge in [0.25, 0.3) is 0 Å². The van der Waals surface area contributed by atoms with E-state index >= 15 is 0 Å². The predicted octanol–water partition coefficient (Wildman–Crippen LogP) is 2.53. The van der Waals surface area contributed by atoms with Crippen LogP contribution in [0.5, 0.6) is 0 Å².